The Kier molecular flexibility index (Phi) is 6.90. The van der Waals surface area contributed by atoms with Crippen LogP contribution in [-0.4, -0.2) is 30.8 Å². The number of rotatable bonds is 9. The molecule has 156 valence electrons. The van der Waals surface area contributed by atoms with Crippen molar-refractivity contribution in [2.24, 2.45) is 5.92 Å². The van der Waals surface area contributed by atoms with Crippen LogP contribution in [0.25, 0.3) is 11.1 Å². The van der Waals surface area contributed by atoms with E-state index >= 15 is 0 Å². The highest BCUT2D eigenvalue weighted by Crippen LogP contribution is 2.19. The molecular formula is C24H26N2O4. The Labute approximate surface area is 176 Å². The molecule has 30 heavy (non-hydrogen) atoms. The molecule has 1 aromatic heterocycles. The topological polar surface area (TPSA) is 73.6 Å². The lowest BCUT2D eigenvalue weighted by atomic mass is 10.0. The molecular weight excluding hydrogens is 380 g/mol. The highest BCUT2D eigenvalue weighted by atomic mass is 16.5. The number of aromatic nitrogens is 1. The quantitative estimate of drug-likeness (QED) is 0.586. The third-order valence-electron chi connectivity index (χ3n) is 5.14. The number of benzene rings is 2. The standard InChI is InChI=1S/C24H26N2O4/c27-24(25-14-19-10-11-28-16-19)13-22-12-23(30-26-22)17-29-15-18-6-8-21(9-7-18)20-4-2-1-3-5-20/h1-9,12,19H,10-11,13-17H2,(H,25,27). The summed E-state index contributed by atoms with van der Waals surface area (Å²) in [6.45, 7) is 2.95. The second kappa shape index (κ2) is 10.2. The lowest BCUT2D eigenvalue weighted by Crippen LogP contribution is -2.30. The van der Waals surface area contributed by atoms with E-state index in [4.69, 9.17) is 14.0 Å². The van der Waals surface area contributed by atoms with Gasteiger partial charge in [0.2, 0.25) is 5.91 Å². The SMILES string of the molecule is O=C(Cc1cc(COCc2ccc(-c3ccccc3)cc2)on1)NCC1CCOC1. The Morgan fingerprint density at radius 3 is 2.63 bits per heavy atom. The first-order valence-electron chi connectivity index (χ1n) is 10.3. The van der Waals surface area contributed by atoms with Gasteiger partial charge in [0.05, 0.1) is 25.3 Å². The number of ether oxygens (including phenoxy) is 2. The Morgan fingerprint density at radius 1 is 1.07 bits per heavy atom. The Bertz CT molecular complexity index is 931. The van der Waals surface area contributed by atoms with Gasteiger partial charge in [0, 0.05) is 25.1 Å². The van der Waals surface area contributed by atoms with Gasteiger partial charge in [0.1, 0.15) is 6.61 Å². The molecule has 1 saturated heterocycles. The van der Waals surface area contributed by atoms with Gasteiger partial charge in [-0.1, -0.05) is 59.8 Å². The summed E-state index contributed by atoms with van der Waals surface area (Å²) in [5.41, 5.74) is 4.07. The fraction of sp³-hybridized carbons (Fsp3) is 0.333. The maximum absolute atomic E-state index is 12.0. The van der Waals surface area contributed by atoms with Crippen molar-refractivity contribution in [3.8, 4) is 11.1 Å². The molecule has 1 N–H and O–H groups in total. The highest BCUT2D eigenvalue weighted by molar-refractivity contribution is 5.78. The summed E-state index contributed by atoms with van der Waals surface area (Å²) in [6, 6.07) is 20.4. The van der Waals surface area contributed by atoms with Crippen LogP contribution in [0.5, 0.6) is 0 Å². The average Bonchev–Trinajstić information content (AvgIpc) is 3.46. The summed E-state index contributed by atoms with van der Waals surface area (Å²) in [7, 11) is 0. The van der Waals surface area contributed by atoms with E-state index < -0.39 is 0 Å². The van der Waals surface area contributed by atoms with Crippen molar-refractivity contribution < 1.29 is 18.8 Å². The highest BCUT2D eigenvalue weighted by Gasteiger charge is 2.17. The molecule has 2 heterocycles. The third kappa shape index (κ3) is 5.78. The zero-order chi connectivity index (χ0) is 20.6. The smallest absolute Gasteiger partial charge is 0.226 e. The molecule has 0 aliphatic carbocycles. The maximum atomic E-state index is 12.0. The number of amides is 1. The third-order valence-corrected chi connectivity index (χ3v) is 5.14. The zero-order valence-corrected chi connectivity index (χ0v) is 16.9. The molecule has 1 amide bonds. The van der Waals surface area contributed by atoms with Gasteiger partial charge in [-0.3, -0.25) is 4.79 Å². The lowest BCUT2D eigenvalue weighted by Gasteiger charge is -2.08. The van der Waals surface area contributed by atoms with Crippen LogP contribution in [0.1, 0.15) is 23.4 Å². The molecule has 0 spiro atoms. The summed E-state index contributed by atoms with van der Waals surface area (Å²) in [5, 5.41) is 6.90. The first kappa shape index (κ1) is 20.3. The predicted molar refractivity (Wildman–Crippen MR) is 113 cm³/mol. The van der Waals surface area contributed by atoms with E-state index in [1.165, 1.54) is 11.1 Å². The van der Waals surface area contributed by atoms with E-state index in [2.05, 4.69) is 46.9 Å². The second-order valence-corrected chi connectivity index (χ2v) is 7.55. The predicted octanol–water partition coefficient (Wildman–Crippen LogP) is 3.75. The number of nitrogens with zero attached hydrogens (tertiary/aromatic N) is 1. The fourth-order valence-corrected chi connectivity index (χ4v) is 3.43. The minimum absolute atomic E-state index is 0.0545. The normalized spacial score (nSPS) is 15.9. The van der Waals surface area contributed by atoms with Gasteiger partial charge in [-0.05, 0) is 23.1 Å². The average molecular weight is 406 g/mol. The van der Waals surface area contributed by atoms with Crippen LogP contribution in [0.2, 0.25) is 0 Å². The molecule has 1 aliphatic rings. The fourth-order valence-electron chi connectivity index (χ4n) is 3.43. The molecule has 2 aromatic carbocycles. The van der Waals surface area contributed by atoms with E-state index in [9.17, 15) is 4.79 Å². The molecule has 6 nitrogen and oxygen atoms in total. The van der Waals surface area contributed by atoms with Crippen LogP contribution < -0.4 is 5.32 Å². The zero-order valence-electron chi connectivity index (χ0n) is 16.9. The summed E-state index contributed by atoms with van der Waals surface area (Å²) in [6.07, 6.45) is 1.21. The van der Waals surface area contributed by atoms with Crippen LogP contribution in [0.4, 0.5) is 0 Å². The summed E-state index contributed by atoms with van der Waals surface area (Å²) in [5.74, 6) is 0.973. The Morgan fingerprint density at radius 2 is 1.87 bits per heavy atom. The summed E-state index contributed by atoms with van der Waals surface area (Å²) >= 11 is 0. The van der Waals surface area contributed by atoms with E-state index in [0.717, 1.165) is 25.2 Å². The number of hydrogen-bond acceptors (Lipinski definition) is 5. The Balaban J connectivity index is 1.19. The minimum atomic E-state index is -0.0545. The van der Waals surface area contributed by atoms with Crippen molar-refractivity contribution in [1.82, 2.24) is 10.5 Å². The van der Waals surface area contributed by atoms with Gasteiger partial charge in [-0.25, -0.2) is 0 Å². The molecule has 1 unspecified atom stereocenters. The van der Waals surface area contributed by atoms with Crippen LogP contribution in [0, 0.1) is 5.92 Å². The van der Waals surface area contributed by atoms with Crippen LogP contribution >= 0.6 is 0 Å². The number of carbonyl (C=O) groups excluding carboxylic acids is 1. The van der Waals surface area contributed by atoms with Gasteiger partial charge in [-0.15, -0.1) is 0 Å². The molecule has 4 rings (SSSR count). The number of nitrogens with one attached hydrogen (secondary N) is 1. The maximum Gasteiger partial charge on any atom is 0.226 e. The molecule has 3 aromatic rings. The minimum Gasteiger partial charge on any atom is -0.381 e. The van der Waals surface area contributed by atoms with Gasteiger partial charge in [0.25, 0.3) is 0 Å². The second-order valence-electron chi connectivity index (χ2n) is 7.55. The van der Waals surface area contributed by atoms with Crippen molar-refractivity contribution >= 4 is 5.91 Å². The molecule has 1 fully saturated rings. The molecule has 0 saturated carbocycles. The molecule has 1 atom stereocenters. The first-order valence-corrected chi connectivity index (χ1v) is 10.3. The van der Waals surface area contributed by atoms with Crippen molar-refractivity contribution in [2.45, 2.75) is 26.1 Å². The van der Waals surface area contributed by atoms with Gasteiger partial charge < -0.3 is 19.3 Å². The molecule has 6 heteroatoms. The first-order chi connectivity index (χ1) is 14.8. The van der Waals surface area contributed by atoms with Crippen molar-refractivity contribution in [1.29, 1.82) is 0 Å². The monoisotopic (exact) mass is 406 g/mol. The van der Waals surface area contributed by atoms with E-state index in [0.29, 0.717) is 37.1 Å². The van der Waals surface area contributed by atoms with Crippen LogP contribution in [0.3, 0.4) is 0 Å². The number of hydrogen-bond donors (Lipinski definition) is 1. The van der Waals surface area contributed by atoms with Crippen molar-refractivity contribution in [2.75, 3.05) is 19.8 Å². The molecule has 0 radical (unpaired) electrons. The summed E-state index contributed by atoms with van der Waals surface area (Å²) < 4.78 is 16.3. The van der Waals surface area contributed by atoms with Crippen LogP contribution in [-0.2, 0) is 33.9 Å². The van der Waals surface area contributed by atoms with E-state index in [-0.39, 0.29) is 12.3 Å². The van der Waals surface area contributed by atoms with Crippen LogP contribution in [0.15, 0.2) is 65.2 Å². The van der Waals surface area contributed by atoms with E-state index in [1.807, 2.05) is 18.2 Å². The van der Waals surface area contributed by atoms with Crippen molar-refractivity contribution in [3.05, 3.63) is 77.7 Å². The largest absolute Gasteiger partial charge is 0.381 e. The van der Waals surface area contributed by atoms with Crippen molar-refractivity contribution in [3.63, 3.8) is 0 Å². The summed E-state index contributed by atoms with van der Waals surface area (Å²) in [4.78, 5) is 12.0. The van der Waals surface area contributed by atoms with E-state index in [1.54, 1.807) is 6.07 Å². The molecule has 1 aliphatic heterocycles. The van der Waals surface area contributed by atoms with Gasteiger partial charge in [-0.2, -0.15) is 0 Å². The van der Waals surface area contributed by atoms with Gasteiger partial charge >= 0.3 is 0 Å². The lowest BCUT2D eigenvalue weighted by molar-refractivity contribution is -0.120. The Hall–Kier alpha value is -2.96. The van der Waals surface area contributed by atoms with Gasteiger partial charge in [0.15, 0.2) is 5.76 Å². The number of carbonyl (C=O) groups is 1. The molecule has 0 bridgehead atoms.